The molecule has 0 aliphatic carbocycles. The van der Waals surface area contributed by atoms with Crippen molar-refractivity contribution in [1.29, 1.82) is 0 Å². The predicted octanol–water partition coefficient (Wildman–Crippen LogP) is 1.91. The summed E-state index contributed by atoms with van der Waals surface area (Å²) in [5, 5.41) is 15.2. The van der Waals surface area contributed by atoms with Gasteiger partial charge in [0.05, 0.1) is 17.3 Å². The van der Waals surface area contributed by atoms with Gasteiger partial charge in [-0.15, -0.1) is 5.10 Å². The first-order valence-corrected chi connectivity index (χ1v) is 7.90. The molecule has 2 aromatic heterocycles. The van der Waals surface area contributed by atoms with Crippen LogP contribution < -0.4 is 0 Å². The van der Waals surface area contributed by atoms with E-state index in [9.17, 15) is 4.79 Å². The third kappa shape index (κ3) is 2.58. The lowest BCUT2D eigenvalue weighted by Gasteiger charge is -2.35. The summed E-state index contributed by atoms with van der Waals surface area (Å²) in [5.41, 5.74) is 2.70. The predicted molar refractivity (Wildman–Crippen MR) is 84.4 cm³/mol. The third-order valence-corrected chi connectivity index (χ3v) is 4.41. The van der Waals surface area contributed by atoms with E-state index in [-0.39, 0.29) is 18.5 Å². The van der Waals surface area contributed by atoms with Crippen molar-refractivity contribution in [3.63, 3.8) is 0 Å². The van der Waals surface area contributed by atoms with Crippen LogP contribution in [-0.2, 0) is 11.3 Å². The van der Waals surface area contributed by atoms with E-state index in [1.54, 1.807) is 10.9 Å². The highest BCUT2D eigenvalue weighted by Crippen LogP contribution is 2.29. The maximum Gasteiger partial charge on any atom is 0.244 e. The maximum absolute atomic E-state index is 12.8. The van der Waals surface area contributed by atoms with Crippen LogP contribution in [0.1, 0.15) is 31.0 Å². The Kier molecular flexibility index (Phi) is 3.53. The van der Waals surface area contributed by atoms with E-state index in [4.69, 9.17) is 0 Å². The monoisotopic (exact) mass is 310 g/mol. The van der Waals surface area contributed by atoms with Crippen molar-refractivity contribution in [3.05, 3.63) is 42.2 Å². The van der Waals surface area contributed by atoms with Gasteiger partial charge in [0.1, 0.15) is 12.1 Å². The highest BCUT2D eigenvalue weighted by Gasteiger charge is 2.29. The highest BCUT2D eigenvalue weighted by atomic mass is 16.2. The van der Waals surface area contributed by atoms with Crippen molar-refractivity contribution in [2.24, 2.45) is 0 Å². The number of rotatable bonds is 3. The van der Waals surface area contributed by atoms with Gasteiger partial charge in [0.15, 0.2) is 0 Å². The number of hydrogen-bond acceptors (Lipinski definition) is 4. The lowest BCUT2D eigenvalue weighted by molar-refractivity contribution is -0.136. The number of likely N-dealkylation sites (tertiary alicyclic amines) is 1. The maximum atomic E-state index is 12.8. The Balaban J connectivity index is 1.57. The number of carbonyl (C=O) groups is 1. The zero-order valence-corrected chi connectivity index (χ0v) is 12.7. The van der Waals surface area contributed by atoms with Gasteiger partial charge in [-0.25, -0.2) is 4.68 Å². The Hall–Kier alpha value is -2.70. The van der Waals surface area contributed by atoms with E-state index in [0.29, 0.717) is 0 Å². The zero-order chi connectivity index (χ0) is 15.6. The van der Waals surface area contributed by atoms with E-state index in [1.165, 1.54) is 0 Å². The molecule has 23 heavy (non-hydrogen) atoms. The lowest BCUT2D eigenvalue weighted by Crippen LogP contribution is -2.40. The molecule has 4 rings (SSSR count). The van der Waals surface area contributed by atoms with Crippen LogP contribution in [0.5, 0.6) is 0 Å². The molecule has 0 radical (unpaired) electrons. The van der Waals surface area contributed by atoms with Crippen molar-refractivity contribution < 1.29 is 4.79 Å². The summed E-state index contributed by atoms with van der Waals surface area (Å²) in [4.78, 5) is 14.8. The van der Waals surface area contributed by atoms with Gasteiger partial charge < -0.3 is 4.90 Å². The first kappa shape index (κ1) is 13.9. The molecule has 1 amide bonds. The number of fused-ring (bicyclic) bond motifs is 1. The summed E-state index contributed by atoms with van der Waals surface area (Å²) < 4.78 is 1.68. The molecule has 7 heteroatoms. The largest absolute Gasteiger partial charge is 0.333 e. The lowest BCUT2D eigenvalue weighted by atomic mass is 9.99. The molecule has 1 aromatic carbocycles. The molecule has 1 aliphatic heterocycles. The van der Waals surface area contributed by atoms with E-state index in [1.807, 2.05) is 35.2 Å². The van der Waals surface area contributed by atoms with Crippen molar-refractivity contribution in [3.8, 4) is 0 Å². The number of nitrogens with one attached hydrogen (secondary N) is 1. The van der Waals surface area contributed by atoms with Crippen LogP contribution in [0.3, 0.4) is 0 Å². The van der Waals surface area contributed by atoms with Gasteiger partial charge in [-0.3, -0.25) is 9.89 Å². The number of aromatic nitrogens is 5. The van der Waals surface area contributed by atoms with Gasteiger partial charge in [0.2, 0.25) is 5.91 Å². The number of nitrogens with zero attached hydrogens (tertiary/aromatic N) is 5. The van der Waals surface area contributed by atoms with E-state index < -0.39 is 0 Å². The van der Waals surface area contributed by atoms with Crippen molar-refractivity contribution >= 4 is 16.9 Å². The van der Waals surface area contributed by atoms with E-state index in [2.05, 4.69) is 20.5 Å². The molecule has 1 fully saturated rings. The van der Waals surface area contributed by atoms with Crippen LogP contribution in [0.15, 0.2) is 36.5 Å². The molecule has 0 saturated carbocycles. The van der Waals surface area contributed by atoms with Crippen molar-refractivity contribution in [2.75, 3.05) is 6.54 Å². The molecule has 118 valence electrons. The normalized spacial score (nSPS) is 18.4. The van der Waals surface area contributed by atoms with Gasteiger partial charge in [-0.05, 0) is 37.5 Å². The number of H-pyrrole nitrogens is 1. The summed E-state index contributed by atoms with van der Waals surface area (Å²) in [5.74, 6) is 0.0694. The molecule has 0 spiro atoms. The molecule has 1 atom stereocenters. The third-order valence-electron chi connectivity index (χ3n) is 4.41. The van der Waals surface area contributed by atoms with Gasteiger partial charge >= 0.3 is 0 Å². The quantitative estimate of drug-likeness (QED) is 0.801. The van der Waals surface area contributed by atoms with Gasteiger partial charge in [0, 0.05) is 12.7 Å². The fourth-order valence-electron chi connectivity index (χ4n) is 3.26. The Bertz CT molecular complexity index is 809. The summed E-state index contributed by atoms with van der Waals surface area (Å²) in [6.45, 7) is 0.986. The average molecular weight is 310 g/mol. The summed E-state index contributed by atoms with van der Waals surface area (Å²) in [6, 6.07) is 9.71. The number of para-hydroxylation sites is 1. The highest BCUT2D eigenvalue weighted by molar-refractivity contribution is 5.80. The second-order valence-electron chi connectivity index (χ2n) is 5.85. The van der Waals surface area contributed by atoms with Crippen LogP contribution in [-0.4, -0.2) is 42.5 Å². The van der Waals surface area contributed by atoms with Crippen LogP contribution in [0.2, 0.25) is 0 Å². The minimum Gasteiger partial charge on any atom is -0.333 e. The number of hydrogen-bond donors (Lipinski definition) is 1. The molecule has 0 unspecified atom stereocenters. The minimum atomic E-state index is 0.0694. The number of carbonyl (C=O) groups excluding carboxylic acids is 1. The number of benzene rings is 1. The topological polar surface area (TPSA) is 79.7 Å². The molecular weight excluding hydrogens is 292 g/mol. The molecule has 3 aromatic rings. The Labute approximate surface area is 133 Å². The van der Waals surface area contributed by atoms with E-state index in [0.717, 1.165) is 42.5 Å². The average Bonchev–Trinajstić information content (AvgIpc) is 3.25. The van der Waals surface area contributed by atoms with Gasteiger partial charge in [-0.2, -0.15) is 5.10 Å². The molecular formula is C16H18N6O. The van der Waals surface area contributed by atoms with Crippen molar-refractivity contribution in [2.45, 2.75) is 31.8 Å². The number of piperidine rings is 1. The number of aromatic amines is 1. The molecule has 1 saturated heterocycles. The number of amides is 1. The Morgan fingerprint density at radius 3 is 3.04 bits per heavy atom. The van der Waals surface area contributed by atoms with Crippen LogP contribution in [0.4, 0.5) is 0 Å². The van der Waals surface area contributed by atoms with E-state index >= 15 is 0 Å². The summed E-state index contributed by atoms with van der Waals surface area (Å²) >= 11 is 0. The molecule has 3 heterocycles. The Morgan fingerprint density at radius 1 is 1.26 bits per heavy atom. The van der Waals surface area contributed by atoms with Gasteiger partial charge in [0.25, 0.3) is 0 Å². The fraction of sp³-hybridized carbons (Fsp3) is 0.375. The first-order chi connectivity index (χ1) is 11.3. The molecule has 1 N–H and O–H groups in total. The fourth-order valence-corrected chi connectivity index (χ4v) is 3.26. The van der Waals surface area contributed by atoms with Crippen LogP contribution in [0, 0.1) is 0 Å². The Morgan fingerprint density at radius 2 is 2.17 bits per heavy atom. The minimum absolute atomic E-state index is 0.0694. The summed E-state index contributed by atoms with van der Waals surface area (Å²) in [6.07, 6.45) is 4.86. The SMILES string of the molecule is O=C(Cn1nnc2ccccc21)N1CCCC[C@@H]1c1ccn[nH]1. The molecule has 7 nitrogen and oxygen atoms in total. The standard InChI is InChI=1S/C16H18N6O/c23-16(11-22-15-7-2-1-5-12(15)19-20-22)21-10-4-3-6-14(21)13-8-9-17-18-13/h1-2,5,7-9,14H,3-4,6,10-11H2,(H,17,18)/t14-/m1/s1. The van der Waals surface area contributed by atoms with Gasteiger partial charge in [-0.1, -0.05) is 17.3 Å². The van der Waals surface area contributed by atoms with Crippen molar-refractivity contribution in [1.82, 2.24) is 30.1 Å². The second kappa shape index (κ2) is 5.83. The smallest absolute Gasteiger partial charge is 0.244 e. The van der Waals surface area contributed by atoms with Crippen LogP contribution in [0.25, 0.3) is 11.0 Å². The summed E-state index contributed by atoms with van der Waals surface area (Å²) in [7, 11) is 0. The van der Waals surface area contributed by atoms with Crippen LogP contribution >= 0.6 is 0 Å². The second-order valence-corrected chi connectivity index (χ2v) is 5.85. The molecule has 0 bridgehead atoms. The first-order valence-electron chi connectivity index (χ1n) is 7.90. The zero-order valence-electron chi connectivity index (χ0n) is 12.7. The molecule has 1 aliphatic rings.